The molecule has 0 bridgehead atoms. The van der Waals surface area contributed by atoms with Gasteiger partial charge in [0.25, 0.3) is 0 Å². The molecule has 72 heavy (non-hydrogen) atoms. The maximum Gasteiger partial charge on any atom is 0.162 e. The summed E-state index contributed by atoms with van der Waals surface area (Å²) in [5, 5.41) is 0. The van der Waals surface area contributed by atoms with Crippen LogP contribution >= 0.6 is 0 Å². The third kappa shape index (κ3) is 9.21. The van der Waals surface area contributed by atoms with Crippen molar-refractivity contribution < 1.29 is 0 Å². The Hall–Kier alpha value is -10.2. The molecule has 6 aromatic carbocycles. The third-order valence-electron chi connectivity index (χ3n) is 12.2. The van der Waals surface area contributed by atoms with Crippen LogP contribution in [0.5, 0.6) is 0 Å². The van der Waals surface area contributed by atoms with Crippen molar-refractivity contribution in [2.75, 3.05) is 0 Å². The first-order chi connectivity index (χ1) is 35.6. The van der Waals surface area contributed by atoms with Gasteiger partial charge in [0, 0.05) is 96.6 Å². The van der Waals surface area contributed by atoms with Crippen molar-refractivity contribution in [1.29, 1.82) is 0 Å². The lowest BCUT2D eigenvalue weighted by Gasteiger charge is -2.07. The largest absolute Gasteiger partial charge is 0.236 e. The molecule has 0 atom stereocenters. The minimum Gasteiger partial charge on any atom is -0.236 e. The zero-order chi connectivity index (χ0) is 48.1. The monoisotopic (exact) mass is 926 g/mol. The lowest BCUT2D eigenvalue weighted by molar-refractivity contribution is 1.11. The maximum absolute atomic E-state index is 4.63. The first-order valence-corrected chi connectivity index (χ1v) is 23.1. The molecule has 6 aromatic heterocycles. The van der Waals surface area contributed by atoms with Crippen molar-refractivity contribution in [1.82, 2.24) is 59.8 Å². The summed E-state index contributed by atoms with van der Waals surface area (Å²) in [7, 11) is 0. The van der Waals surface area contributed by atoms with Crippen molar-refractivity contribution >= 4 is 0 Å². The highest BCUT2D eigenvalue weighted by molar-refractivity contribution is 5.74. The van der Waals surface area contributed by atoms with Gasteiger partial charge in [-0.15, -0.1) is 0 Å². The Balaban J connectivity index is 0.645. The zero-order valence-electron chi connectivity index (χ0n) is 38.3. The summed E-state index contributed by atoms with van der Waals surface area (Å²) in [4.78, 5) is 55.2. The third-order valence-corrected chi connectivity index (χ3v) is 12.2. The highest BCUT2D eigenvalue weighted by atomic mass is 14.9. The van der Waals surface area contributed by atoms with Gasteiger partial charge in [-0.2, -0.15) is 0 Å². The normalized spacial score (nSPS) is 11.1. The van der Waals surface area contributed by atoms with E-state index in [9.17, 15) is 0 Å². The molecular weight excluding hydrogens is 889 g/mol. The van der Waals surface area contributed by atoms with Crippen molar-refractivity contribution in [3.8, 4) is 124 Å². The number of rotatable bonds is 11. The lowest BCUT2D eigenvalue weighted by atomic mass is 10.0. The van der Waals surface area contributed by atoms with Crippen LogP contribution in [0, 0.1) is 0 Å². The predicted molar refractivity (Wildman–Crippen MR) is 280 cm³/mol. The molecule has 0 spiro atoms. The van der Waals surface area contributed by atoms with Crippen LogP contribution in [0.15, 0.2) is 232 Å². The second-order valence-electron chi connectivity index (χ2n) is 16.8. The number of benzene rings is 6. The Morgan fingerprint density at radius 1 is 0.125 bits per heavy atom. The number of aromatic nitrogens is 12. The van der Waals surface area contributed by atoms with Crippen molar-refractivity contribution in [3.63, 3.8) is 0 Å². The van der Waals surface area contributed by atoms with Crippen molar-refractivity contribution in [2.45, 2.75) is 0 Å². The fraction of sp³-hybridized carbons (Fsp3) is 0. The van der Waals surface area contributed by atoms with E-state index in [1.54, 1.807) is 49.6 Å². The summed E-state index contributed by atoms with van der Waals surface area (Å²) < 4.78 is 0. The van der Waals surface area contributed by atoms with Crippen LogP contribution in [0.3, 0.4) is 0 Å². The van der Waals surface area contributed by atoms with Gasteiger partial charge in [0.15, 0.2) is 34.9 Å². The Bertz CT molecular complexity index is 3480. The lowest BCUT2D eigenvalue weighted by Crippen LogP contribution is -1.96. The average Bonchev–Trinajstić information content (AvgIpc) is 3.48. The van der Waals surface area contributed by atoms with Crippen LogP contribution in [-0.2, 0) is 0 Å². The molecule has 338 valence electrons. The second kappa shape index (κ2) is 19.4. The van der Waals surface area contributed by atoms with Crippen LogP contribution in [0.1, 0.15) is 0 Å². The van der Waals surface area contributed by atoms with E-state index >= 15 is 0 Å². The molecule has 0 aliphatic heterocycles. The van der Waals surface area contributed by atoms with Gasteiger partial charge in [0.1, 0.15) is 0 Å². The molecule has 0 fully saturated rings. The quantitative estimate of drug-likeness (QED) is 0.121. The van der Waals surface area contributed by atoms with E-state index in [2.05, 4.69) is 157 Å². The van der Waals surface area contributed by atoms with E-state index in [4.69, 9.17) is 0 Å². The van der Waals surface area contributed by atoms with Gasteiger partial charge in [-0.3, -0.25) is 0 Å². The molecule has 6 heterocycles. The van der Waals surface area contributed by atoms with Crippen molar-refractivity contribution in [2.24, 2.45) is 0 Å². The van der Waals surface area contributed by atoms with Gasteiger partial charge in [0.2, 0.25) is 0 Å². The Labute approximate surface area is 414 Å². The van der Waals surface area contributed by atoms with Gasteiger partial charge in [0.05, 0.1) is 22.3 Å². The molecule has 12 heteroatoms. The number of hydrogen-bond donors (Lipinski definition) is 0. The first-order valence-electron chi connectivity index (χ1n) is 23.1. The van der Waals surface area contributed by atoms with Gasteiger partial charge in [-0.25, -0.2) is 59.8 Å². The van der Waals surface area contributed by atoms with E-state index in [1.807, 2.05) is 85.5 Å². The van der Waals surface area contributed by atoms with Gasteiger partial charge in [-0.1, -0.05) is 158 Å². The van der Waals surface area contributed by atoms with Crippen LogP contribution in [-0.4, -0.2) is 59.8 Å². The molecule has 0 N–H and O–H groups in total. The van der Waals surface area contributed by atoms with Crippen LogP contribution in [0.4, 0.5) is 0 Å². The summed E-state index contributed by atoms with van der Waals surface area (Å²) in [6.07, 6.45) is 21.1. The summed E-state index contributed by atoms with van der Waals surface area (Å²) in [6, 6.07) is 53.7. The molecule has 0 saturated carbocycles. The Kier molecular flexibility index (Phi) is 11.6. The van der Waals surface area contributed by atoms with Gasteiger partial charge in [-0.05, 0) is 44.5 Å². The summed E-state index contributed by atoms with van der Waals surface area (Å²) in [5.74, 6) is 3.31. The highest BCUT2D eigenvalue weighted by Crippen LogP contribution is 2.30. The molecule has 0 unspecified atom stereocenters. The zero-order valence-corrected chi connectivity index (χ0v) is 38.3. The Morgan fingerprint density at radius 2 is 0.278 bits per heavy atom. The number of nitrogens with zero attached hydrogens (tertiary/aromatic N) is 12. The molecule has 0 aliphatic carbocycles. The maximum atomic E-state index is 4.63. The van der Waals surface area contributed by atoms with Gasteiger partial charge >= 0.3 is 0 Å². The highest BCUT2D eigenvalue weighted by Gasteiger charge is 2.12. The summed E-state index contributed by atoms with van der Waals surface area (Å²) in [6.45, 7) is 0. The topological polar surface area (TPSA) is 155 Å². The second-order valence-corrected chi connectivity index (χ2v) is 16.8. The van der Waals surface area contributed by atoms with E-state index in [1.165, 1.54) is 11.1 Å². The minimum absolute atomic E-state index is 0.510. The van der Waals surface area contributed by atoms with E-state index in [-0.39, 0.29) is 0 Å². The SMILES string of the molecule is c1ccc(-c2ccc(-c3cnc(-c4cnc(-c5cnc(-c6ccc(-c7ccc(-c8ncc(-c9ncc(-c%10ncc(-c%11ccc(-c%12ccccc%12)cc%11)cn%10)cn9)cn8)cc7)cc6)nc5)nc4)nc3)cc2)cc1. The van der Waals surface area contributed by atoms with Crippen LogP contribution < -0.4 is 0 Å². The molecule has 12 rings (SSSR count). The molecule has 0 aliphatic rings. The van der Waals surface area contributed by atoms with E-state index < -0.39 is 0 Å². The van der Waals surface area contributed by atoms with Gasteiger partial charge < -0.3 is 0 Å². The summed E-state index contributed by atoms with van der Waals surface area (Å²) >= 11 is 0. The number of hydrogen-bond acceptors (Lipinski definition) is 12. The molecule has 12 nitrogen and oxygen atoms in total. The molecule has 12 aromatic rings. The van der Waals surface area contributed by atoms with Crippen LogP contribution in [0.25, 0.3) is 124 Å². The molecule has 0 amide bonds. The fourth-order valence-corrected chi connectivity index (χ4v) is 8.22. The standard InChI is InChI=1S/C60H38N12/c1-3-7-39(8-4-1)41-11-15-45(16-12-41)49-27-61-57(62-28-49)53-35-69-59(70-36-53)51-31-65-55(66-32-51)47-23-19-43(20-24-47)44-21-25-48(26-22-44)56-67-33-52(34-68-56)60-71-37-54(38-72-60)58-63-29-50(30-64-58)46-17-13-42(14-18-46)40-9-5-2-6-10-40/h1-38H. The van der Waals surface area contributed by atoms with E-state index in [0.29, 0.717) is 57.2 Å². The predicted octanol–water partition coefficient (Wildman–Crippen LogP) is 12.8. The van der Waals surface area contributed by atoms with E-state index in [0.717, 1.165) is 55.6 Å². The van der Waals surface area contributed by atoms with Crippen LogP contribution in [0.2, 0.25) is 0 Å². The smallest absolute Gasteiger partial charge is 0.162 e. The first kappa shape index (κ1) is 43.1. The summed E-state index contributed by atoms with van der Waals surface area (Å²) in [5.41, 5.74) is 15.3. The average molecular weight is 927 g/mol. The molecule has 0 saturated heterocycles. The Morgan fingerprint density at radius 3 is 0.500 bits per heavy atom. The van der Waals surface area contributed by atoms with Crippen molar-refractivity contribution in [3.05, 3.63) is 232 Å². The molecule has 0 radical (unpaired) electrons. The fourth-order valence-electron chi connectivity index (χ4n) is 8.22. The minimum atomic E-state index is 0.510. The molecular formula is C60H38N12.